The molecule has 1 fully saturated rings. The molecule has 5 aromatic carbocycles. The predicted octanol–water partition coefficient (Wildman–Crippen LogP) is 7.06. The number of carbonyl (C=O) groups excluding carboxylic acids is 1. The molecule has 1 aromatic heterocycles. The zero-order valence-electron chi connectivity index (χ0n) is 31.9. The first-order valence-corrected chi connectivity index (χ1v) is 21.5. The van der Waals surface area contributed by atoms with Crippen LogP contribution in [0.3, 0.4) is 0 Å². The first-order valence-electron chi connectivity index (χ1n) is 19.0. The third-order valence-electron chi connectivity index (χ3n) is 10.1. The van der Waals surface area contributed by atoms with Gasteiger partial charge in [0.25, 0.3) is 5.03 Å². The van der Waals surface area contributed by atoms with E-state index in [1.54, 1.807) is 24.3 Å². The summed E-state index contributed by atoms with van der Waals surface area (Å²) in [5, 5.41) is 25.8. The molecule has 7 rings (SSSR count). The molecule has 1 amide bonds. The Bertz CT molecular complexity index is 2370. The van der Waals surface area contributed by atoms with Gasteiger partial charge in [0.1, 0.15) is 6.04 Å². The predicted molar refractivity (Wildman–Crippen MR) is 223 cm³/mol. The highest BCUT2D eigenvalue weighted by Crippen LogP contribution is 2.48. The maximum absolute atomic E-state index is 13.7. The Morgan fingerprint density at radius 2 is 1.40 bits per heavy atom. The summed E-state index contributed by atoms with van der Waals surface area (Å²) in [5.41, 5.74) is 6.05. The topological polar surface area (TPSA) is 141 Å². The van der Waals surface area contributed by atoms with Gasteiger partial charge in [-0.05, 0) is 59.4 Å². The van der Waals surface area contributed by atoms with E-state index in [4.69, 9.17) is 9.47 Å². The molecule has 298 valence electrons. The lowest BCUT2D eigenvalue weighted by molar-refractivity contribution is -0.645. The Morgan fingerprint density at radius 3 is 2.07 bits per heavy atom. The van der Waals surface area contributed by atoms with Crippen molar-refractivity contribution >= 4 is 27.7 Å². The minimum absolute atomic E-state index is 0.0747. The molecule has 0 bridgehead atoms. The molecular weight excluding hydrogens is 771 g/mol. The van der Waals surface area contributed by atoms with Gasteiger partial charge in [0.05, 0.1) is 23.7 Å². The average molecular weight is 816 g/mol. The second-order valence-electron chi connectivity index (χ2n) is 14.2. The summed E-state index contributed by atoms with van der Waals surface area (Å²) >= 11 is 1.42. The van der Waals surface area contributed by atoms with Gasteiger partial charge < -0.3 is 25.1 Å². The molecule has 0 aliphatic carbocycles. The smallest absolute Gasteiger partial charge is 0.251 e. The molecule has 0 spiro atoms. The minimum atomic E-state index is -3.99. The largest absolute Gasteiger partial charge is 0.618 e. The van der Waals surface area contributed by atoms with Crippen molar-refractivity contribution in [2.75, 3.05) is 5.75 Å². The van der Waals surface area contributed by atoms with Gasteiger partial charge in [-0.15, -0.1) is 0 Å². The van der Waals surface area contributed by atoms with E-state index in [9.17, 15) is 23.5 Å². The number of hydrogen-bond donors (Lipinski definition) is 3. The number of amides is 1. The van der Waals surface area contributed by atoms with Crippen LogP contribution in [0.25, 0.3) is 0 Å². The van der Waals surface area contributed by atoms with Gasteiger partial charge in [0.15, 0.2) is 12.5 Å². The van der Waals surface area contributed by atoms with Crippen LogP contribution in [0.4, 0.5) is 0 Å². The number of aliphatic hydroxyl groups is 1. The fourth-order valence-electron chi connectivity index (χ4n) is 6.96. The van der Waals surface area contributed by atoms with E-state index >= 15 is 0 Å². The van der Waals surface area contributed by atoms with Gasteiger partial charge in [-0.1, -0.05) is 139 Å². The normalized spacial score (nSPS) is 18.7. The average Bonchev–Trinajstić information content (AvgIpc) is 3.25. The lowest BCUT2D eigenvalue weighted by Crippen LogP contribution is -2.47. The van der Waals surface area contributed by atoms with Crippen LogP contribution in [0.1, 0.15) is 57.3 Å². The first-order chi connectivity index (χ1) is 28.2. The Kier molecular flexibility index (Phi) is 13.3. The number of nitrogens with zero attached hydrogens (tertiary/aromatic N) is 1. The highest BCUT2D eigenvalue weighted by Gasteiger charge is 2.42. The summed E-state index contributed by atoms with van der Waals surface area (Å²) in [7, 11) is -3.99. The van der Waals surface area contributed by atoms with Crippen molar-refractivity contribution in [1.29, 1.82) is 0 Å². The highest BCUT2D eigenvalue weighted by molar-refractivity contribution is 7.99. The summed E-state index contributed by atoms with van der Waals surface area (Å²) in [4.78, 5) is 13.7. The van der Waals surface area contributed by atoms with Crippen molar-refractivity contribution in [3.05, 3.63) is 202 Å². The van der Waals surface area contributed by atoms with Crippen molar-refractivity contribution in [1.82, 2.24) is 10.0 Å². The maximum atomic E-state index is 13.7. The third kappa shape index (κ3) is 10.2. The molecular formula is C46H45N3O7S2. The number of sulfonamides is 1. The lowest BCUT2D eigenvalue weighted by atomic mass is 9.84. The van der Waals surface area contributed by atoms with Crippen LogP contribution in [0, 0.1) is 12.1 Å². The highest BCUT2D eigenvalue weighted by atomic mass is 32.2. The second kappa shape index (κ2) is 18.9. The van der Waals surface area contributed by atoms with Crippen molar-refractivity contribution in [2.45, 2.75) is 66.9 Å². The van der Waals surface area contributed by atoms with Crippen LogP contribution in [-0.2, 0) is 43.9 Å². The zero-order valence-corrected chi connectivity index (χ0v) is 33.5. The third-order valence-corrected chi connectivity index (χ3v) is 12.7. The first kappa shape index (κ1) is 40.8. The summed E-state index contributed by atoms with van der Waals surface area (Å²) in [5.74, 6) is -0.211. The van der Waals surface area contributed by atoms with Crippen LogP contribution >= 0.6 is 11.8 Å². The molecule has 1 unspecified atom stereocenters. The van der Waals surface area contributed by atoms with Crippen LogP contribution < -0.4 is 14.8 Å². The van der Waals surface area contributed by atoms with Gasteiger partial charge in [-0.25, -0.2) is 8.42 Å². The van der Waals surface area contributed by atoms with Gasteiger partial charge in [0, 0.05) is 35.9 Å². The van der Waals surface area contributed by atoms with Crippen LogP contribution in [0.5, 0.6) is 0 Å². The van der Waals surface area contributed by atoms with Crippen molar-refractivity contribution < 1.29 is 32.5 Å². The number of pyridine rings is 1. The summed E-state index contributed by atoms with van der Waals surface area (Å²) in [6.07, 6.45) is 0.0719. The molecule has 1 aliphatic heterocycles. The quantitative estimate of drug-likeness (QED) is 0.0569. The number of aliphatic hydroxyl groups excluding tert-OH is 1. The van der Waals surface area contributed by atoms with Gasteiger partial charge in [-0.2, -0.15) is 9.45 Å². The molecule has 1 aliphatic rings. The van der Waals surface area contributed by atoms with E-state index in [1.807, 2.05) is 110 Å². The van der Waals surface area contributed by atoms with Gasteiger partial charge in [0.2, 0.25) is 15.9 Å². The summed E-state index contributed by atoms with van der Waals surface area (Å²) < 4.78 is 43.8. The number of ether oxygens (including phenoxy) is 2. The Hall–Kier alpha value is -5.34. The van der Waals surface area contributed by atoms with Gasteiger partial charge in [-0.3, -0.25) is 4.79 Å². The summed E-state index contributed by atoms with van der Waals surface area (Å²) in [6, 6.07) is 45.4. The number of thioether (sulfide) groups is 1. The standard InChI is InChI=1S/C46H45N3O7S2/c1-32-15-25-39(26-16-32)58(53,54)48-40(28-33-10-4-2-5-11-33)45(51)47-29-34-17-23-38(24-18-34)46-55-41(31-57-42-14-8-9-27-49(42)52)43(36-12-6-3-7-13-36)44(56-46)37-21-19-35(30-50)20-22-37/h2-27,40-41,43-44,46,48,50H,28-31H2,1H3,(H,47,51)/t40-,41-,43-,44+,46?/m1/s1. The van der Waals surface area contributed by atoms with Crippen molar-refractivity contribution in [3.8, 4) is 0 Å². The monoisotopic (exact) mass is 815 g/mol. The minimum Gasteiger partial charge on any atom is -0.618 e. The van der Waals surface area contributed by atoms with E-state index in [2.05, 4.69) is 22.2 Å². The number of aromatic nitrogens is 1. The molecule has 10 nitrogen and oxygen atoms in total. The number of benzene rings is 5. The SMILES string of the molecule is Cc1ccc(S(=O)(=O)N[C@H](Cc2ccccc2)C(=O)NCc2ccc(C3O[C@H](CSc4cccc[n+]4[O-])[C@@H](c4ccccc4)[C@H](c4ccc(CO)cc4)O3)cc2)cc1. The fraction of sp³-hybridized carbons (Fsp3) is 0.217. The number of nitrogens with one attached hydrogen (secondary N) is 2. The molecule has 3 N–H and O–H groups in total. The van der Waals surface area contributed by atoms with Crippen molar-refractivity contribution in [3.63, 3.8) is 0 Å². The number of rotatable bonds is 15. The lowest BCUT2D eigenvalue weighted by Gasteiger charge is -2.43. The number of carbonyl (C=O) groups is 1. The number of aryl methyl sites for hydroxylation is 1. The Labute approximate surface area is 343 Å². The number of hydrogen-bond acceptors (Lipinski definition) is 8. The Balaban J connectivity index is 1.10. The zero-order chi connectivity index (χ0) is 40.5. The van der Waals surface area contributed by atoms with E-state index in [0.717, 1.165) is 43.7 Å². The second-order valence-corrected chi connectivity index (χ2v) is 17.0. The molecule has 0 radical (unpaired) electrons. The molecule has 6 aromatic rings. The van der Waals surface area contributed by atoms with Crippen molar-refractivity contribution in [2.24, 2.45) is 0 Å². The molecule has 12 heteroatoms. The maximum Gasteiger partial charge on any atom is 0.251 e. The van der Waals surface area contributed by atoms with E-state index in [-0.39, 0.29) is 36.5 Å². The van der Waals surface area contributed by atoms with E-state index in [1.165, 1.54) is 30.1 Å². The fourth-order valence-corrected chi connectivity index (χ4v) is 9.14. The molecule has 58 heavy (non-hydrogen) atoms. The van der Waals surface area contributed by atoms with Crippen LogP contribution in [0.2, 0.25) is 0 Å². The van der Waals surface area contributed by atoms with Gasteiger partial charge >= 0.3 is 0 Å². The molecule has 1 saturated heterocycles. The molecule has 5 atom stereocenters. The van der Waals surface area contributed by atoms with E-state index in [0.29, 0.717) is 10.8 Å². The van der Waals surface area contributed by atoms with Crippen LogP contribution in [0.15, 0.2) is 168 Å². The molecule has 2 heterocycles. The van der Waals surface area contributed by atoms with Crippen LogP contribution in [-0.4, -0.2) is 37.3 Å². The van der Waals surface area contributed by atoms with E-state index < -0.39 is 34.4 Å². The summed E-state index contributed by atoms with van der Waals surface area (Å²) in [6.45, 7) is 1.96. The molecule has 0 saturated carbocycles. The Morgan fingerprint density at radius 1 is 0.759 bits per heavy atom.